The highest BCUT2D eigenvalue weighted by Gasteiger charge is 2.24. The molecule has 0 radical (unpaired) electrons. The highest BCUT2D eigenvalue weighted by Crippen LogP contribution is 2.29. The molecule has 5 nitrogen and oxygen atoms in total. The molecular formula is C15H28O5S. The van der Waals surface area contributed by atoms with Gasteiger partial charge in [-0.25, -0.2) is 13.2 Å². The minimum Gasteiger partial charge on any atom is -0.458 e. The van der Waals surface area contributed by atoms with Gasteiger partial charge in [-0.05, 0) is 58.3 Å². The van der Waals surface area contributed by atoms with Crippen molar-refractivity contribution in [3.63, 3.8) is 0 Å². The summed E-state index contributed by atoms with van der Waals surface area (Å²) >= 11 is 0. The lowest BCUT2D eigenvalue weighted by Crippen LogP contribution is -2.28. The monoisotopic (exact) mass is 320 g/mol. The predicted octanol–water partition coefficient (Wildman–Crippen LogP) is 2.20. The van der Waals surface area contributed by atoms with E-state index in [4.69, 9.17) is 9.47 Å². The summed E-state index contributed by atoms with van der Waals surface area (Å²) in [7, 11) is -2.88. The summed E-state index contributed by atoms with van der Waals surface area (Å²) in [6.07, 6.45) is 5.08. The number of carbonyl (C=O) groups excluding carboxylic acids is 1. The van der Waals surface area contributed by atoms with Crippen LogP contribution in [0.2, 0.25) is 0 Å². The predicted molar refractivity (Wildman–Crippen MR) is 81.8 cm³/mol. The largest absolute Gasteiger partial charge is 0.458 e. The summed E-state index contributed by atoms with van der Waals surface area (Å²) in [4.78, 5) is 11.5. The summed E-state index contributed by atoms with van der Waals surface area (Å²) in [5.41, 5.74) is -0.482. The second-order valence-corrected chi connectivity index (χ2v) is 9.27. The number of ether oxygens (including phenoxy) is 2. The molecule has 0 aromatic heterocycles. The van der Waals surface area contributed by atoms with Gasteiger partial charge >= 0.3 is 5.97 Å². The van der Waals surface area contributed by atoms with E-state index in [1.165, 1.54) is 6.26 Å². The second-order valence-electron chi connectivity index (χ2n) is 7.08. The Morgan fingerprint density at radius 1 is 1.10 bits per heavy atom. The molecule has 21 heavy (non-hydrogen) atoms. The summed E-state index contributed by atoms with van der Waals surface area (Å²) in [6.45, 7) is 6.02. The van der Waals surface area contributed by atoms with Gasteiger partial charge in [-0.2, -0.15) is 0 Å². The van der Waals surface area contributed by atoms with Gasteiger partial charge in [0, 0.05) is 6.26 Å². The van der Waals surface area contributed by atoms with Gasteiger partial charge in [-0.1, -0.05) is 0 Å². The van der Waals surface area contributed by atoms with Gasteiger partial charge in [0.1, 0.15) is 22.0 Å². The van der Waals surface area contributed by atoms with Gasteiger partial charge < -0.3 is 9.47 Å². The number of sulfone groups is 1. The van der Waals surface area contributed by atoms with Gasteiger partial charge in [0.05, 0.1) is 12.4 Å². The highest BCUT2D eigenvalue weighted by molar-refractivity contribution is 7.90. The molecule has 1 fully saturated rings. The van der Waals surface area contributed by atoms with E-state index in [0.717, 1.165) is 25.7 Å². The Morgan fingerprint density at radius 2 is 1.62 bits per heavy atom. The molecule has 0 saturated heterocycles. The average Bonchev–Trinajstić information content (AvgIpc) is 2.27. The molecule has 1 rings (SSSR count). The number of esters is 1. The van der Waals surface area contributed by atoms with Gasteiger partial charge in [-0.3, -0.25) is 0 Å². The van der Waals surface area contributed by atoms with Crippen molar-refractivity contribution in [2.75, 3.05) is 25.2 Å². The van der Waals surface area contributed by atoms with Crippen LogP contribution in [0.3, 0.4) is 0 Å². The Kier molecular flexibility index (Phi) is 6.66. The van der Waals surface area contributed by atoms with Crippen LogP contribution in [0.25, 0.3) is 0 Å². The SMILES string of the molecule is CC(C)(C)OC(=O)COCC1CCC(CS(C)(=O)=O)CC1. The molecule has 0 bridgehead atoms. The normalized spacial score (nSPS) is 23.8. The molecule has 0 amide bonds. The molecule has 0 heterocycles. The molecule has 0 atom stereocenters. The smallest absolute Gasteiger partial charge is 0.332 e. The second kappa shape index (κ2) is 7.58. The lowest BCUT2D eigenvalue weighted by atomic mass is 9.83. The number of hydrogen-bond donors (Lipinski definition) is 0. The Morgan fingerprint density at radius 3 is 2.10 bits per heavy atom. The van der Waals surface area contributed by atoms with Gasteiger partial charge in [0.2, 0.25) is 0 Å². The Balaban J connectivity index is 2.18. The third-order valence-electron chi connectivity index (χ3n) is 3.50. The molecule has 0 unspecified atom stereocenters. The molecule has 0 spiro atoms. The lowest BCUT2D eigenvalue weighted by molar-refractivity contribution is -0.160. The first-order valence-corrected chi connectivity index (χ1v) is 9.58. The summed E-state index contributed by atoms with van der Waals surface area (Å²) in [6, 6.07) is 0. The average molecular weight is 320 g/mol. The maximum Gasteiger partial charge on any atom is 0.332 e. The van der Waals surface area contributed by atoms with Crippen molar-refractivity contribution in [1.82, 2.24) is 0 Å². The van der Waals surface area contributed by atoms with Crippen molar-refractivity contribution in [3.05, 3.63) is 0 Å². The maximum atomic E-state index is 11.5. The minimum absolute atomic E-state index is 0.0134. The highest BCUT2D eigenvalue weighted by atomic mass is 32.2. The van der Waals surface area contributed by atoms with Gasteiger partial charge in [-0.15, -0.1) is 0 Å². The summed E-state index contributed by atoms with van der Waals surface area (Å²) in [5, 5.41) is 0. The molecule has 6 heteroatoms. The van der Waals surface area contributed by atoms with E-state index in [2.05, 4.69) is 0 Å². The quantitative estimate of drug-likeness (QED) is 0.702. The van der Waals surface area contributed by atoms with Crippen molar-refractivity contribution in [3.8, 4) is 0 Å². The zero-order chi connectivity index (χ0) is 16.1. The first-order valence-electron chi connectivity index (χ1n) is 7.52. The lowest BCUT2D eigenvalue weighted by Gasteiger charge is -2.28. The molecule has 0 aromatic carbocycles. The first-order chi connectivity index (χ1) is 9.55. The van der Waals surface area contributed by atoms with Crippen molar-refractivity contribution < 1.29 is 22.7 Å². The fourth-order valence-corrected chi connectivity index (χ4v) is 3.86. The summed E-state index contributed by atoms with van der Waals surface area (Å²) < 4.78 is 33.1. The molecule has 0 aromatic rings. The van der Waals surface area contributed by atoms with E-state index in [0.29, 0.717) is 18.3 Å². The van der Waals surface area contributed by atoms with Crippen molar-refractivity contribution >= 4 is 15.8 Å². The third-order valence-corrected chi connectivity index (χ3v) is 4.58. The minimum atomic E-state index is -2.88. The molecule has 124 valence electrons. The van der Waals surface area contributed by atoms with Crippen LogP contribution in [0.4, 0.5) is 0 Å². The summed E-state index contributed by atoms with van der Waals surface area (Å²) in [5.74, 6) is 0.650. The van der Waals surface area contributed by atoms with Crippen LogP contribution < -0.4 is 0 Å². The number of hydrogen-bond acceptors (Lipinski definition) is 5. The Labute approximate surface area is 128 Å². The van der Waals surface area contributed by atoms with Crippen LogP contribution in [-0.4, -0.2) is 45.2 Å². The maximum absolute atomic E-state index is 11.5. The van der Waals surface area contributed by atoms with E-state index in [1.807, 2.05) is 20.8 Å². The van der Waals surface area contributed by atoms with E-state index in [1.54, 1.807) is 0 Å². The van der Waals surface area contributed by atoms with Crippen molar-refractivity contribution in [2.45, 2.75) is 52.1 Å². The van der Waals surface area contributed by atoms with E-state index < -0.39 is 15.4 Å². The van der Waals surface area contributed by atoms with Crippen LogP contribution in [0, 0.1) is 11.8 Å². The van der Waals surface area contributed by atoms with E-state index >= 15 is 0 Å². The van der Waals surface area contributed by atoms with Crippen LogP contribution >= 0.6 is 0 Å². The van der Waals surface area contributed by atoms with Crippen LogP contribution in [0.1, 0.15) is 46.5 Å². The van der Waals surface area contributed by atoms with E-state index in [-0.39, 0.29) is 18.5 Å². The molecule has 1 aliphatic carbocycles. The number of carbonyl (C=O) groups is 1. The zero-order valence-corrected chi connectivity index (χ0v) is 14.4. The van der Waals surface area contributed by atoms with Crippen LogP contribution in [0.5, 0.6) is 0 Å². The third kappa shape index (κ3) is 9.09. The number of rotatable bonds is 6. The fraction of sp³-hybridized carbons (Fsp3) is 0.933. The molecular weight excluding hydrogens is 292 g/mol. The Bertz CT molecular complexity index is 427. The topological polar surface area (TPSA) is 69.7 Å². The van der Waals surface area contributed by atoms with Crippen LogP contribution in [0.15, 0.2) is 0 Å². The molecule has 1 saturated carbocycles. The molecule has 0 N–H and O–H groups in total. The Hall–Kier alpha value is -0.620. The standard InChI is InChI=1S/C15H28O5S/c1-15(2,3)20-14(16)10-19-9-12-5-7-13(8-6-12)11-21(4,17)18/h12-13H,5-11H2,1-4H3. The fourth-order valence-electron chi connectivity index (χ4n) is 2.67. The zero-order valence-electron chi connectivity index (χ0n) is 13.6. The van der Waals surface area contributed by atoms with Gasteiger partial charge in [0.25, 0.3) is 0 Å². The molecule has 1 aliphatic rings. The van der Waals surface area contributed by atoms with E-state index in [9.17, 15) is 13.2 Å². The van der Waals surface area contributed by atoms with Crippen molar-refractivity contribution in [1.29, 1.82) is 0 Å². The first kappa shape index (κ1) is 18.4. The van der Waals surface area contributed by atoms with Crippen LogP contribution in [-0.2, 0) is 24.1 Å². The molecule has 0 aliphatic heterocycles. The van der Waals surface area contributed by atoms with Gasteiger partial charge in [0.15, 0.2) is 0 Å². The van der Waals surface area contributed by atoms with Crippen molar-refractivity contribution in [2.24, 2.45) is 11.8 Å².